The van der Waals surface area contributed by atoms with E-state index in [0.717, 1.165) is 54.8 Å². The number of carbonyl (C=O) groups is 1. The van der Waals surface area contributed by atoms with Crippen LogP contribution in [-0.4, -0.2) is 52.0 Å². The minimum Gasteiger partial charge on any atom is -0.478 e. The van der Waals surface area contributed by atoms with Gasteiger partial charge in [-0.2, -0.15) is 0 Å². The lowest BCUT2D eigenvalue weighted by molar-refractivity contribution is 0.0697. The van der Waals surface area contributed by atoms with E-state index in [1.807, 2.05) is 41.1 Å². The topological polar surface area (TPSA) is 82.9 Å². The average molecular weight is 526 g/mol. The molecular weight excluding hydrogens is 498 g/mol. The Bertz CT molecular complexity index is 1450. The minimum absolute atomic E-state index is 0.209. The molecule has 2 aliphatic rings. The van der Waals surface area contributed by atoms with Crippen molar-refractivity contribution in [2.75, 3.05) is 36.1 Å². The maximum absolute atomic E-state index is 11.7. The molecule has 2 atom stereocenters. The van der Waals surface area contributed by atoms with Crippen LogP contribution >= 0.6 is 12.2 Å². The van der Waals surface area contributed by atoms with E-state index in [0.29, 0.717) is 5.11 Å². The Morgan fingerprint density at radius 1 is 0.947 bits per heavy atom. The summed E-state index contributed by atoms with van der Waals surface area (Å²) in [4.78, 5) is 20.8. The quantitative estimate of drug-likeness (QED) is 0.354. The van der Waals surface area contributed by atoms with Crippen LogP contribution in [0, 0.1) is 0 Å². The second-order valence-corrected chi connectivity index (χ2v) is 9.66. The molecule has 4 aromatic rings. The van der Waals surface area contributed by atoms with Crippen molar-refractivity contribution in [1.82, 2.24) is 14.9 Å². The van der Waals surface area contributed by atoms with Crippen LogP contribution in [0.3, 0.4) is 0 Å². The molecule has 2 N–H and O–H groups in total. The predicted molar refractivity (Wildman–Crippen MR) is 150 cm³/mol. The van der Waals surface area contributed by atoms with Gasteiger partial charge in [0.15, 0.2) is 5.11 Å². The van der Waals surface area contributed by atoms with Crippen molar-refractivity contribution in [3.63, 3.8) is 0 Å². The molecule has 0 amide bonds. The summed E-state index contributed by atoms with van der Waals surface area (Å²) >= 11 is 5.90. The van der Waals surface area contributed by atoms with E-state index in [9.17, 15) is 9.90 Å². The second kappa shape index (κ2) is 10.3. The van der Waals surface area contributed by atoms with E-state index in [2.05, 4.69) is 50.4 Å². The van der Waals surface area contributed by atoms with E-state index in [1.54, 1.807) is 24.4 Å². The molecule has 9 heteroatoms. The monoisotopic (exact) mass is 525 g/mol. The number of carboxylic acids is 1. The SMILES string of the molecule is O=C(O)c1cccc(-n2cccc2[C@H]2[C@@H](c3ccccn3)NC(=S)N2c2ccc(N3CCOCC3)cc2)c1. The number of nitrogens with one attached hydrogen (secondary N) is 1. The fourth-order valence-corrected chi connectivity index (χ4v) is 5.58. The lowest BCUT2D eigenvalue weighted by Gasteiger charge is -2.31. The first kappa shape index (κ1) is 24.1. The molecule has 2 saturated heterocycles. The fourth-order valence-electron chi connectivity index (χ4n) is 5.24. The Hall–Kier alpha value is -4.21. The number of aromatic carboxylic acids is 1. The highest BCUT2D eigenvalue weighted by Gasteiger charge is 2.42. The highest BCUT2D eigenvalue weighted by molar-refractivity contribution is 7.80. The number of morpholine rings is 1. The number of rotatable bonds is 6. The lowest BCUT2D eigenvalue weighted by atomic mass is 10.0. The zero-order valence-electron chi connectivity index (χ0n) is 20.6. The molecule has 6 rings (SSSR count). The van der Waals surface area contributed by atoms with Crippen LogP contribution in [0.4, 0.5) is 11.4 Å². The van der Waals surface area contributed by atoms with Gasteiger partial charge in [0.2, 0.25) is 0 Å². The van der Waals surface area contributed by atoms with Gasteiger partial charge < -0.3 is 29.5 Å². The number of pyridine rings is 1. The summed E-state index contributed by atoms with van der Waals surface area (Å²) in [7, 11) is 0. The molecule has 2 fully saturated rings. The smallest absolute Gasteiger partial charge is 0.335 e. The van der Waals surface area contributed by atoms with Gasteiger partial charge in [0.1, 0.15) is 6.04 Å². The van der Waals surface area contributed by atoms with E-state index in [-0.39, 0.29) is 17.6 Å². The Kier molecular flexibility index (Phi) is 6.53. The first-order valence-corrected chi connectivity index (χ1v) is 13.0. The van der Waals surface area contributed by atoms with E-state index in [4.69, 9.17) is 17.0 Å². The summed E-state index contributed by atoms with van der Waals surface area (Å²) in [5.41, 5.74) is 4.97. The van der Waals surface area contributed by atoms with Crippen LogP contribution in [-0.2, 0) is 4.74 Å². The average Bonchev–Trinajstić information content (AvgIpc) is 3.58. The van der Waals surface area contributed by atoms with E-state index >= 15 is 0 Å². The molecule has 192 valence electrons. The molecule has 0 bridgehead atoms. The summed E-state index contributed by atoms with van der Waals surface area (Å²) in [6.45, 7) is 3.21. The van der Waals surface area contributed by atoms with Crippen molar-refractivity contribution in [2.24, 2.45) is 0 Å². The molecule has 2 aromatic heterocycles. The third-order valence-corrected chi connectivity index (χ3v) is 7.37. The van der Waals surface area contributed by atoms with Crippen molar-refractivity contribution in [1.29, 1.82) is 0 Å². The maximum Gasteiger partial charge on any atom is 0.335 e. The third-order valence-electron chi connectivity index (χ3n) is 7.06. The molecule has 2 aliphatic heterocycles. The molecule has 0 unspecified atom stereocenters. The summed E-state index contributed by atoms with van der Waals surface area (Å²) in [5, 5.41) is 13.7. The minimum atomic E-state index is -0.961. The third kappa shape index (κ3) is 4.51. The largest absolute Gasteiger partial charge is 0.478 e. The number of hydrogen-bond acceptors (Lipinski definition) is 5. The van der Waals surface area contributed by atoms with Gasteiger partial charge >= 0.3 is 5.97 Å². The zero-order valence-corrected chi connectivity index (χ0v) is 21.4. The van der Waals surface area contributed by atoms with Crippen LogP contribution in [0.1, 0.15) is 33.8 Å². The summed E-state index contributed by atoms with van der Waals surface area (Å²) in [6, 6.07) is 24.9. The first-order valence-electron chi connectivity index (χ1n) is 12.5. The Balaban J connectivity index is 1.42. The predicted octanol–water partition coefficient (Wildman–Crippen LogP) is 4.58. The number of carboxylic acid groups (broad SMARTS) is 1. The number of thiocarbonyl (C=S) groups is 1. The van der Waals surface area contributed by atoms with Gasteiger partial charge in [0.05, 0.1) is 30.5 Å². The van der Waals surface area contributed by atoms with Crippen molar-refractivity contribution < 1.29 is 14.6 Å². The molecule has 0 aliphatic carbocycles. The number of aromatic nitrogens is 2. The molecule has 2 aromatic carbocycles. The molecule has 8 nitrogen and oxygen atoms in total. The van der Waals surface area contributed by atoms with E-state index in [1.165, 1.54) is 0 Å². The molecule has 0 spiro atoms. The summed E-state index contributed by atoms with van der Waals surface area (Å²) in [5.74, 6) is -0.961. The highest BCUT2D eigenvalue weighted by atomic mass is 32.1. The van der Waals surface area contributed by atoms with Gasteiger partial charge in [0.25, 0.3) is 0 Å². The number of benzene rings is 2. The molecule has 38 heavy (non-hydrogen) atoms. The number of anilines is 2. The van der Waals surface area contributed by atoms with Crippen LogP contribution in [0.5, 0.6) is 0 Å². The Labute approximate surface area is 226 Å². The molecular formula is C29H27N5O3S. The maximum atomic E-state index is 11.7. The van der Waals surface area contributed by atoms with Crippen LogP contribution < -0.4 is 15.1 Å². The summed E-state index contributed by atoms with van der Waals surface area (Å²) in [6.07, 6.45) is 3.74. The number of hydrogen-bond donors (Lipinski definition) is 2. The van der Waals surface area contributed by atoms with Crippen molar-refractivity contribution in [3.05, 3.63) is 108 Å². The fraction of sp³-hybridized carbons (Fsp3) is 0.207. The molecule has 0 saturated carbocycles. The standard InChI is InChI=1S/C29H27N5O3S/c35-28(36)20-5-3-6-23(19-20)33-14-4-8-25(33)27-26(24-7-1-2-13-30-24)31-29(38)34(27)22-11-9-21(10-12-22)32-15-17-37-18-16-32/h1-14,19,26-27H,15-18H2,(H,31,38)(H,35,36)/t26-,27+/m1/s1. The van der Waals surface area contributed by atoms with E-state index < -0.39 is 5.97 Å². The van der Waals surface area contributed by atoms with Gasteiger partial charge in [-0.3, -0.25) is 4.98 Å². The Morgan fingerprint density at radius 3 is 2.47 bits per heavy atom. The van der Waals surface area contributed by atoms with Crippen LogP contribution in [0.25, 0.3) is 5.69 Å². The van der Waals surface area contributed by atoms with Gasteiger partial charge in [-0.05, 0) is 78.9 Å². The van der Waals surface area contributed by atoms with Crippen molar-refractivity contribution in [3.8, 4) is 5.69 Å². The summed E-state index contributed by atoms with van der Waals surface area (Å²) < 4.78 is 7.53. The molecule has 0 radical (unpaired) electrons. The van der Waals surface area contributed by atoms with Gasteiger partial charge in [-0.1, -0.05) is 12.1 Å². The Morgan fingerprint density at radius 2 is 1.74 bits per heavy atom. The number of nitrogens with zero attached hydrogens (tertiary/aromatic N) is 4. The van der Waals surface area contributed by atoms with Gasteiger partial charge in [-0.25, -0.2) is 4.79 Å². The van der Waals surface area contributed by atoms with Gasteiger partial charge in [0, 0.05) is 48.2 Å². The zero-order chi connectivity index (χ0) is 26.1. The number of ether oxygens (including phenoxy) is 1. The normalized spacial score (nSPS) is 19.4. The lowest BCUT2D eigenvalue weighted by Crippen LogP contribution is -2.36. The van der Waals surface area contributed by atoms with Crippen molar-refractivity contribution in [2.45, 2.75) is 12.1 Å². The molecule has 4 heterocycles. The highest BCUT2D eigenvalue weighted by Crippen LogP contribution is 2.42. The van der Waals surface area contributed by atoms with Gasteiger partial charge in [-0.15, -0.1) is 0 Å². The van der Waals surface area contributed by atoms with Crippen molar-refractivity contribution >= 4 is 34.7 Å². The first-order chi connectivity index (χ1) is 18.6. The second-order valence-electron chi connectivity index (χ2n) is 9.27. The van der Waals surface area contributed by atoms with Crippen LogP contribution in [0.2, 0.25) is 0 Å². The van der Waals surface area contributed by atoms with Crippen LogP contribution in [0.15, 0.2) is 91.3 Å².